The Labute approximate surface area is 209 Å². The maximum atomic E-state index is 13.3. The van der Waals surface area contributed by atoms with E-state index < -0.39 is 0 Å². The number of halogens is 3. The molecule has 4 rings (SSSR count). The summed E-state index contributed by atoms with van der Waals surface area (Å²) in [6.45, 7) is 4.52. The average Bonchev–Trinajstić information content (AvgIpc) is 2.81. The summed E-state index contributed by atoms with van der Waals surface area (Å²) in [6.07, 6.45) is 3.38. The fourth-order valence-corrected chi connectivity index (χ4v) is 4.72. The molecule has 1 aliphatic rings. The molecule has 1 unspecified atom stereocenters. The number of hydrogen-bond acceptors (Lipinski definition) is 3. The lowest BCUT2D eigenvalue weighted by Crippen LogP contribution is -2.41. The van der Waals surface area contributed by atoms with Crippen LogP contribution >= 0.6 is 34.8 Å². The van der Waals surface area contributed by atoms with E-state index in [1.54, 1.807) is 6.20 Å². The first-order chi connectivity index (χ1) is 15.9. The van der Waals surface area contributed by atoms with Gasteiger partial charge in [0.1, 0.15) is 0 Å². The van der Waals surface area contributed by atoms with Crippen LogP contribution in [0.15, 0.2) is 60.8 Å². The van der Waals surface area contributed by atoms with Crippen molar-refractivity contribution in [2.75, 3.05) is 13.1 Å². The highest BCUT2D eigenvalue weighted by Gasteiger charge is 2.28. The number of aromatic nitrogens is 1. The van der Waals surface area contributed by atoms with Gasteiger partial charge in [-0.1, -0.05) is 59.1 Å². The van der Waals surface area contributed by atoms with Crippen molar-refractivity contribution in [3.63, 3.8) is 0 Å². The molecule has 7 heteroatoms. The van der Waals surface area contributed by atoms with Crippen LogP contribution in [-0.4, -0.2) is 28.9 Å². The first kappa shape index (κ1) is 24.0. The van der Waals surface area contributed by atoms with Crippen LogP contribution in [0, 0.1) is 12.8 Å². The standard InChI is InChI=1S/C26H26Cl3N3O/c1-17-3-2-12-30-24(17)25(19-5-7-21(27)8-6-19)31-26(33)20-10-13-32(14-11-20)16-18-4-9-22(28)23(29)15-18/h2-9,12,15,20,25H,10-11,13-14,16H2,1H3,(H,31,33). The molecule has 1 fully saturated rings. The minimum atomic E-state index is -0.315. The molecule has 1 aromatic heterocycles. The van der Waals surface area contributed by atoms with Gasteiger partial charge in [-0.25, -0.2) is 0 Å². The van der Waals surface area contributed by atoms with Gasteiger partial charge in [0, 0.05) is 23.7 Å². The third-order valence-electron chi connectivity index (χ3n) is 6.16. The lowest BCUT2D eigenvalue weighted by Gasteiger charge is -2.32. The van der Waals surface area contributed by atoms with E-state index in [1.807, 2.05) is 61.5 Å². The van der Waals surface area contributed by atoms with Gasteiger partial charge in [-0.05, 0) is 79.9 Å². The van der Waals surface area contributed by atoms with Crippen molar-refractivity contribution in [3.8, 4) is 0 Å². The van der Waals surface area contributed by atoms with E-state index in [-0.39, 0.29) is 17.9 Å². The van der Waals surface area contributed by atoms with Crippen LogP contribution in [0.5, 0.6) is 0 Å². The van der Waals surface area contributed by atoms with E-state index in [0.717, 1.165) is 54.9 Å². The van der Waals surface area contributed by atoms with E-state index >= 15 is 0 Å². The summed E-state index contributed by atoms with van der Waals surface area (Å²) in [5, 5.41) is 5.06. The Hall–Kier alpha value is -2.11. The number of nitrogens with zero attached hydrogens (tertiary/aromatic N) is 2. The van der Waals surface area contributed by atoms with Crippen LogP contribution in [0.2, 0.25) is 15.1 Å². The Morgan fingerprint density at radius 1 is 1.06 bits per heavy atom. The Morgan fingerprint density at radius 2 is 1.79 bits per heavy atom. The van der Waals surface area contributed by atoms with Gasteiger partial charge in [-0.2, -0.15) is 0 Å². The van der Waals surface area contributed by atoms with Gasteiger partial charge in [0.15, 0.2) is 0 Å². The molecule has 4 nitrogen and oxygen atoms in total. The summed E-state index contributed by atoms with van der Waals surface area (Å²) in [5.41, 5.74) is 3.98. The number of amides is 1. The normalized spacial score (nSPS) is 15.9. The van der Waals surface area contributed by atoms with E-state index in [0.29, 0.717) is 15.1 Å². The number of benzene rings is 2. The van der Waals surface area contributed by atoms with Crippen molar-refractivity contribution in [1.82, 2.24) is 15.2 Å². The lowest BCUT2D eigenvalue weighted by atomic mass is 9.93. The maximum absolute atomic E-state index is 13.3. The highest BCUT2D eigenvalue weighted by Crippen LogP contribution is 2.28. The van der Waals surface area contributed by atoms with Gasteiger partial charge < -0.3 is 5.32 Å². The van der Waals surface area contributed by atoms with Gasteiger partial charge >= 0.3 is 0 Å². The van der Waals surface area contributed by atoms with Crippen molar-refractivity contribution in [2.24, 2.45) is 5.92 Å². The van der Waals surface area contributed by atoms with Gasteiger partial charge in [0.25, 0.3) is 0 Å². The molecule has 1 N–H and O–H groups in total. The Kier molecular flexibility index (Phi) is 7.92. The molecule has 0 bridgehead atoms. The summed E-state index contributed by atoms with van der Waals surface area (Å²) in [4.78, 5) is 20.2. The SMILES string of the molecule is Cc1cccnc1C(NC(=O)C1CCN(Cc2ccc(Cl)c(Cl)c2)CC1)c1ccc(Cl)cc1. The highest BCUT2D eigenvalue weighted by atomic mass is 35.5. The van der Waals surface area contributed by atoms with Gasteiger partial charge in [-0.15, -0.1) is 0 Å². The smallest absolute Gasteiger partial charge is 0.224 e. The third-order valence-corrected chi connectivity index (χ3v) is 7.15. The summed E-state index contributed by atoms with van der Waals surface area (Å²) in [6, 6.07) is 16.9. The van der Waals surface area contributed by atoms with Gasteiger partial charge in [0.05, 0.1) is 21.8 Å². The number of hydrogen-bond donors (Lipinski definition) is 1. The molecular formula is C26H26Cl3N3O. The number of pyridine rings is 1. The monoisotopic (exact) mass is 501 g/mol. The number of rotatable bonds is 6. The van der Waals surface area contributed by atoms with Crippen LogP contribution in [0.1, 0.15) is 41.3 Å². The Balaban J connectivity index is 1.42. The highest BCUT2D eigenvalue weighted by molar-refractivity contribution is 6.42. The molecule has 0 radical (unpaired) electrons. The van der Waals surface area contributed by atoms with Crippen molar-refractivity contribution < 1.29 is 4.79 Å². The fourth-order valence-electron chi connectivity index (χ4n) is 4.27. The van der Waals surface area contributed by atoms with Gasteiger partial charge in [0.2, 0.25) is 5.91 Å². The van der Waals surface area contributed by atoms with Crippen LogP contribution in [0.3, 0.4) is 0 Å². The number of carbonyl (C=O) groups excluding carboxylic acids is 1. The summed E-state index contributed by atoms with van der Waals surface area (Å²) < 4.78 is 0. The van der Waals surface area contributed by atoms with Crippen molar-refractivity contribution >= 4 is 40.7 Å². The molecule has 1 aliphatic heterocycles. The lowest BCUT2D eigenvalue weighted by molar-refractivity contribution is -0.127. The minimum Gasteiger partial charge on any atom is -0.343 e. The third kappa shape index (κ3) is 6.07. The molecule has 172 valence electrons. The van der Waals surface area contributed by atoms with Crippen LogP contribution in [-0.2, 0) is 11.3 Å². The zero-order valence-corrected chi connectivity index (χ0v) is 20.7. The Morgan fingerprint density at radius 3 is 2.45 bits per heavy atom. The molecule has 2 aromatic carbocycles. The number of carbonyl (C=O) groups is 1. The number of aryl methyl sites for hydroxylation is 1. The zero-order chi connectivity index (χ0) is 23.4. The second-order valence-corrected chi connectivity index (χ2v) is 9.75. The number of piperidine rings is 1. The first-order valence-electron chi connectivity index (χ1n) is 11.0. The summed E-state index contributed by atoms with van der Waals surface area (Å²) in [7, 11) is 0. The molecule has 1 atom stereocenters. The molecule has 2 heterocycles. The van der Waals surface area contributed by atoms with E-state index in [9.17, 15) is 4.79 Å². The quantitative estimate of drug-likeness (QED) is 0.420. The second-order valence-electron chi connectivity index (χ2n) is 8.50. The molecule has 1 amide bonds. The van der Waals surface area contributed by atoms with E-state index in [1.165, 1.54) is 0 Å². The fraction of sp³-hybridized carbons (Fsp3) is 0.308. The van der Waals surface area contributed by atoms with Crippen molar-refractivity contribution in [3.05, 3.63) is 98.2 Å². The minimum absolute atomic E-state index is 0.0334. The average molecular weight is 503 g/mol. The summed E-state index contributed by atoms with van der Waals surface area (Å²) >= 11 is 18.3. The van der Waals surface area contributed by atoms with E-state index in [4.69, 9.17) is 34.8 Å². The number of nitrogens with one attached hydrogen (secondary N) is 1. The summed E-state index contributed by atoms with van der Waals surface area (Å²) in [5.74, 6) is 0.0306. The molecule has 33 heavy (non-hydrogen) atoms. The molecule has 0 aliphatic carbocycles. The largest absolute Gasteiger partial charge is 0.343 e. The van der Waals surface area contributed by atoms with Gasteiger partial charge in [-0.3, -0.25) is 14.7 Å². The van der Waals surface area contributed by atoms with E-state index in [2.05, 4.69) is 15.2 Å². The van der Waals surface area contributed by atoms with Crippen molar-refractivity contribution in [2.45, 2.75) is 32.4 Å². The van der Waals surface area contributed by atoms with Crippen molar-refractivity contribution in [1.29, 1.82) is 0 Å². The Bertz CT molecular complexity index is 1110. The molecule has 0 saturated carbocycles. The first-order valence-corrected chi connectivity index (χ1v) is 12.2. The molecule has 1 saturated heterocycles. The molecule has 0 spiro atoms. The van der Waals surface area contributed by atoms with Crippen LogP contribution < -0.4 is 5.32 Å². The van der Waals surface area contributed by atoms with Crippen LogP contribution in [0.4, 0.5) is 0 Å². The predicted octanol–water partition coefficient (Wildman–Crippen LogP) is 6.47. The number of likely N-dealkylation sites (tertiary alicyclic amines) is 1. The topological polar surface area (TPSA) is 45.2 Å². The maximum Gasteiger partial charge on any atom is 0.224 e. The molecule has 3 aromatic rings. The molecular weight excluding hydrogens is 477 g/mol. The second kappa shape index (κ2) is 10.9. The van der Waals surface area contributed by atoms with Crippen LogP contribution in [0.25, 0.3) is 0 Å². The predicted molar refractivity (Wildman–Crippen MR) is 135 cm³/mol. The zero-order valence-electron chi connectivity index (χ0n) is 18.4.